The van der Waals surface area contributed by atoms with Crippen LogP contribution in [0, 0.1) is 5.82 Å². The highest BCUT2D eigenvalue weighted by atomic mass is 32.2. The monoisotopic (exact) mass is 404 g/mol. The number of ketones is 1. The Kier molecular flexibility index (Phi) is 5.84. The minimum atomic E-state index is -3.59. The van der Waals surface area contributed by atoms with Gasteiger partial charge in [-0.15, -0.1) is 0 Å². The van der Waals surface area contributed by atoms with E-state index >= 15 is 0 Å². The number of hydrogen-bond donors (Lipinski definition) is 1. The maximum atomic E-state index is 12.8. The van der Waals surface area contributed by atoms with Gasteiger partial charge in [-0.05, 0) is 42.8 Å². The van der Waals surface area contributed by atoms with Crippen LogP contribution in [0.1, 0.15) is 28.8 Å². The molecule has 1 aliphatic rings. The largest absolute Gasteiger partial charge is 0.457 e. The number of esters is 1. The molecule has 0 aliphatic carbocycles. The zero-order chi connectivity index (χ0) is 20.1. The van der Waals surface area contributed by atoms with Crippen LogP contribution < -0.4 is 4.72 Å². The van der Waals surface area contributed by atoms with E-state index in [4.69, 9.17) is 4.74 Å². The van der Waals surface area contributed by atoms with Gasteiger partial charge in [0.15, 0.2) is 12.4 Å². The molecule has 0 saturated carbocycles. The number of sulfonamides is 1. The van der Waals surface area contributed by atoms with Gasteiger partial charge < -0.3 is 4.74 Å². The van der Waals surface area contributed by atoms with Crippen molar-refractivity contribution in [3.63, 3.8) is 0 Å². The van der Waals surface area contributed by atoms with Crippen LogP contribution in [0.4, 0.5) is 4.39 Å². The molecule has 0 unspecified atom stereocenters. The maximum Gasteiger partial charge on any atom is 0.306 e. The van der Waals surface area contributed by atoms with Crippen molar-refractivity contribution in [1.82, 2.24) is 4.72 Å². The Bertz CT molecular complexity index is 1030. The average molecular weight is 404 g/mol. The van der Waals surface area contributed by atoms with Gasteiger partial charge in [-0.3, -0.25) is 19.3 Å². The lowest BCUT2D eigenvalue weighted by Crippen LogP contribution is -2.22. The number of nitrogens with one attached hydrogen (secondary N) is 1. The lowest BCUT2D eigenvalue weighted by Gasteiger charge is -2.04. The molecule has 0 spiro atoms. The number of hydrogen-bond acceptors (Lipinski definition) is 6. The molecule has 3 rings (SSSR count). The number of amidine groups is 1. The highest BCUT2D eigenvalue weighted by Gasteiger charge is 2.29. The standard InChI is InChI=1S/C19H17FN2O5S/c20-14-9-7-13(8-10-14)16(23)12-27-18(24)6-3-11-21-19-15-4-1-2-5-17(15)28(25,26)22-19/h1-2,4-5,7-10H,3,6,11-12H2,(H,21,22). The van der Waals surface area contributed by atoms with Crippen molar-refractivity contribution >= 4 is 27.6 Å². The third kappa shape index (κ3) is 4.61. The molecular formula is C19H17FN2O5S. The van der Waals surface area contributed by atoms with E-state index < -0.39 is 34.2 Å². The van der Waals surface area contributed by atoms with Crippen molar-refractivity contribution in [3.8, 4) is 0 Å². The minimum Gasteiger partial charge on any atom is -0.457 e. The Balaban J connectivity index is 1.45. The molecule has 0 aromatic heterocycles. The molecule has 9 heteroatoms. The predicted molar refractivity (Wildman–Crippen MR) is 99.1 cm³/mol. The first-order valence-electron chi connectivity index (χ1n) is 8.48. The summed E-state index contributed by atoms with van der Waals surface area (Å²) < 4.78 is 44.1. The van der Waals surface area contributed by atoms with E-state index in [1.54, 1.807) is 18.2 Å². The van der Waals surface area contributed by atoms with Crippen LogP contribution in [0.15, 0.2) is 58.4 Å². The fourth-order valence-electron chi connectivity index (χ4n) is 2.60. The highest BCUT2D eigenvalue weighted by Crippen LogP contribution is 2.22. The second-order valence-electron chi connectivity index (χ2n) is 6.03. The van der Waals surface area contributed by atoms with E-state index in [0.29, 0.717) is 12.0 Å². The third-order valence-corrected chi connectivity index (χ3v) is 5.40. The number of aliphatic imine (C=N–C) groups is 1. The fraction of sp³-hybridized carbons (Fsp3) is 0.211. The summed E-state index contributed by atoms with van der Waals surface area (Å²) in [7, 11) is -3.59. The number of rotatable bonds is 7. The van der Waals surface area contributed by atoms with Crippen LogP contribution in [0.5, 0.6) is 0 Å². The molecule has 0 saturated heterocycles. The van der Waals surface area contributed by atoms with Gasteiger partial charge in [0.25, 0.3) is 10.0 Å². The molecule has 1 aliphatic heterocycles. The van der Waals surface area contributed by atoms with E-state index in [-0.39, 0.29) is 29.3 Å². The molecule has 0 atom stereocenters. The smallest absolute Gasteiger partial charge is 0.306 e. The van der Waals surface area contributed by atoms with Crippen LogP contribution in [0.2, 0.25) is 0 Å². The van der Waals surface area contributed by atoms with Crippen LogP contribution in [0.25, 0.3) is 0 Å². The third-order valence-electron chi connectivity index (χ3n) is 4.00. The van der Waals surface area contributed by atoms with Gasteiger partial charge in [-0.1, -0.05) is 12.1 Å². The Morgan fingerprint density at radius 3 is 2.54 bits per heavy atom. The van der Waals surface area contributed by atoms with Crippen LogP contribution in [-0.4, -0.2) is 39.2 Å². The van der Waals surface area contributed by atoms with Gasteiger partial charge in [0.1, 0.15) is 11.7 Å². The zero-order valence-corrected chi connectivity index (χ0v) is 15.5. The van der Waals surface area contributed by atoms with E-state index in [1.165, 1.54) is 18.2 Å². The molecule has 0 fully saturated rings. The summed E-state index contributed by atoms with van der Waals surface area (Å²) in [5.41, 5.74) is 0.753. The predicted octanol–water partition coefficient (Wildman–Crippen LogP) is 2.07. The van der Waals surface area contributed by atoms with E-state index in [0.717, 1.165) is 12.1 Å². The van der Waals surface area contributed by atoms with Crippen LogP contribution >= 0.6 is 0 Å². The number of ether oxygens (including phenoxy) is 1. The molecule has 28 heavy (non-hydrogen) atoms. The van der Waals surface area contributed by atoms with Crippen molar-refractivity contribution in [2.75, 3.05) is 13.2 Å². The Morgan fingerprint density at radius 2 is 1.79 bits per heavy atom. The van der Waals surface area contributed by atoms with Gasteiger partial charge >= 0.3 is 5.97 Å². The van der Waals surface area contributed by atoms with Crippen LogP contribution in [-0.2, 0) is 19.6 Å². The first kappa shape index (κ1) is 19.7. The molecular weight excluding hydrogens is 387 g/mol. The number of nitrogens with zero attached hydrogens (tertiary/aromatic N) is 1. The van der Waals surface area contributed by atoms with Gasteiger partial charge in [-0.2, -0.15) is 0 Å². The maximum absolute atomic E-state index is 12.8. The fourth-order valence-corrected chi connectivity index (χ4v) is 3.85. The highest BCUT2D eigenvalue weighted by molar-refractivity contribution is 7.90. The van der Waals surface area contributed by atoms with Crippen molar-refractivity contribution in [3.05, 3.63) is 65.5 Å². The summed E-state index contributed by atoms with van der Waals surface area (Å²) in [6.45, 7) is -0.209. The Hall–Kier alpha value is -3.07. The van der Waals surface area contributed by atoms with Crippen molar-refractivity contribution in [1.29, 1.82) is 0 Å². The quantitative estimate of drug-likeness (QED) is 0.432. The molecule has 0 amide bonds. The number of carbonyl (C=O) groups excluding carboxylic acids is 2. The lowest BCUT2D eigenvalue weighted by atomic mass is 10.1. The van der Waals surface area contributed by atoms with E-state index in [9.17, 15) is 22.4 Å². The van der Waals surface area contributed by atoms with Crippen molar-refractivity contribution < 1.29 is 27.1 Å². The Labute approximate surface area is 161 Å². The van der Waals surface area contributed by atoms with Crippen molar-refractivity contribution in [2.24, 2.45) is 4.99 Å². The molecule has 2 aromatic rings. The molecule has 1 heterocycles. The zero-order valence-electron chi connectivity index (χ0n) is 14.7. The van der Waals surface area contributed by atoms with Gasteiger partial charge in [0, 0.05) is 24.1 Å². The second-order valence-corrected chi connectivity index (χ2v) is 7.68. The number of fused-ring (bicyclic) bond motifs is 1. The SMILES string of the molecule is O=C(CCCN=C1NS(=O)(=O)c2ccccc21)OCC(=O)c1ccc(F)cc1. The summed E-state index contributed by atoms with van der Waals surface area (Å²) in [5.74, 6) is -1.20. The summed E-state index contributed by atoms with van der Waals surface area (Å²) in [4.78, 5) is 28.0. The second kappa shape index (κ2) is 8.30. The average Bonchev–Trinajstić information content (AvgIpc) is 2.94. The summed E-state index contributed by atoms with van der Waals surface area (Å²) in [6.07, 6.45) is 0.360. The summed E-state index contributed by atoms with van der Waals surface area (Å²) in [5, 5.41) is 0. The number of halogens is 1. The normalized spacial score (nSPS) is 15.7. The number of benzene rings is 2. The molecule has 2 aromatic carbocycles. The van der Waals surface area contributed by atoms with E-state index in [1.807, 2.05) is 0 Å². The molecule has 146 valence electrons. The number of Topliss-reactive ketones (excluding diaryl/α,β-unsaturated/α-hetero) is 1. The van der Waals surface area contributed by atoms with Crippen molar-refractivity contribution in [2.45, 2.75) is 17.7 Å². The Morgan fingerprint density at radius 1 is 1.07 bits per heavy atom. The molecule has 0 radical (unpaired) electrons. The minimum absolute atomic E-state index is 0.0296. The molecule has 1 N–H and O–H groups in total. The molecule has 7 nitrogen and oxygen atoms in total. The summed E-state index contributed by atoms with van der Waals surface area (Å²) >= 11 is 0. The van der Waals surface area contributed by atoms with Gasteiger partial charge in [0.2, 0.25) is 0 Å². The first-order valence-corrected chi connectivity index (χ1v) is 9.96. The summed E-state index contributed by atoms with van der Waals surface area (Å²) in [6, 6.07) is 11.4. The number of carbonyl (C=O) groups is 2. The topological polar surface area (TPSA) is 102 Å². The lowest BCUT2D eigenvalue weighted by molar-refractivity contribution is -0.142. The van der Waals surface area contributed by atoms with Gasteiger partial charge in [0.05, 0.1) is 4.90 Å². The van der Waals surface area contributed by atoms with Crippen LogP contribution in [0.3, 0.4) is 0 Å². The first-order chi connectivity index (χ1) is 13.4. The van der Waals surface area contributed by atoms with Gasteiger partial charge in [-0.25, -0.2) is 12.8 Å². The van der Waals surface area contributed by atoms with E-state index in [2.05, 4.69) is 9.71 Å². The molecule has 0 bridgehead atoms.